The fourth-order valence-electron chi connectivity index (χ4n) is 3.11. The molecular weight excluding hydrogens is 365 g/mol. The molecule has 0 radical (unpaired) electrons. The maximum Gasteiger partial charge on any atom is 0.416 e. The van der Waals surface area contributed by atoms with Gasteiger partial charge in [-0.1, -0.05) is 12.1 Å². The molecule has 0 aliphatic carbocycles. The number of amides is 1. The average molecular weight is 384 g/mol. The molecule has 27 heavy (non-hydrogen) atoms. The number of ether oxygens (including phenoxy) is 1. The molecule has 1 atom stereocenters. The summed E-state index contributed by atoms with van der Waals surface area (Å²) >= 11 is 0. The summed E-state index contributed by atoms with van der Waals surface area (Å²) in [6, 6.07) is 5.94. The lowest BCUT2D eigenvalue weighted by Gasteiger charge is -2.42. The zero-order chi connectivity index (χ0) is 20.0. The molecule has 0 spiro atoms. The molecule has 1 aliphatic heterocycles. The van der Waals surface area contributed by atoms with Crippen LogP contribution in [-0.4, -0.2) is 34.2 Å². The number of benzene rings is 1. The van der Waals surface area contributed by atoms with Crippen molar-refractivity contribution in [2.45, 2.75) is 31.7 Å². The van der Waals surface area contributed by atoms with Crippen molar-refractivity contribution < 1.29 is 27.2 Å². The first kappa shape index (κ1) is 19.2. The van der Waals surface area contributed by atoms with E-state index in [1.807, 2.05) is 0 Å². The van der Waals surface area contributed by atoms with Crippen LogP contribution in [0.2, 0.25) is 0 Å². The van der Waals surface area contributed by atoms with Crippen molar-refractivity contribution in [1.82, 2.24) is 9.64 Å². The molecule has 2 aromatic rings. The molecule has 1 unspecified atom stereocenters. The molecule has 1 aromatic heterocycles. The van der Waals surface area contributed by atoms with Crippen molar-refractivity contribution in [3.63, 3.8) is 0 Å². The van der Waals surface area contributed by atoms with Gasteiger partial charge >= 0.3 is 6.18 Å². The molecule has 1 saturated heterocycles. The Bertz CT molecular complexity index is 914. The minimum atomic E-state index is -4.47. The topological polar surface area (TPSA) is 64.7 Å². The molecule has 1 fully saturated rings. The van der Waals surface area contributed by atoms with Crippen LogP contribution in [-0.2, 0) is 18.0 Å². The van der Waals surface area contributed by atoms with Crippen molar-refractivity contribution in [2.75, 3.05) is 13.1 Å². The van der Waals surface area contributed by atoms with Gasteiger partial charge in [0.15, 0.2) is 0 Å². The zero-order valence-electron chi connectivity index (χ0n) is 15.0. The summed E-state index contributed by atoms with van der Waals surface area (Å²) in [6.45, 7) is 3.74. The van der Waals surface area contributed by atoms with Crippen LogP contribution in [0.15, 0.2) is 39.6 Å². The first-order chi connectivity index (χ1) is 12.5. The number of alkyl halides is 3. The van der Waals surface area contributed by atoms with Crippen LogP contribution < -0.4 is 5.56 Å². The minimum Gasteiger partial charge on any atom is -0.371 e. The Balaban J connectivity index is 1.90. The van der Waals surface area contributed by atoms with E-state index >= 15 is 0 Å². The molecule has 6 nitrogen and oxygen atoms in total. The first-order valence-corrected chi connectivity index (χ1v) is 8.28. The number of morpholine rings is 1. The monoisotopic (exact) mass is 384 g/mol. The van der Waals surface area contributed by atoms with Crippen LogP contribution in [0.1, 0.15) is 41.6 Å². The highest BCUT2D eigenvalue weighted by atomic mass is 19.4. The van der Waals surface area contributed by atoms with Crippen molar-refractivity contribution in [3.05, 3.63) is 57.6 Å². The number of carbonyl (C=O) groups is 1. The highest BCUT2D eigenvalue weighted by Crippen LogP contribution is 2.35. The SMILES string of the molecule is Cn1oc(C(=O)N2CC(c3cccc(C(F)(F)F)c3)OC(C)(C)C2)cc1=O. The fourth-order valence-corrected chi connectivity index (χ4v) is 3.11. The maximum absolute atomic E-state index is 13.0. The standard InChI is InChI=1S/C18H19F3N2O4/c1-17(2)10-23(16(25)13-8-15(24)22(3)27-13)9-14(26-17)11-5-4-6-12(7-11)18(19,20)21/h4-8,14H,9-10H2,1-3H3. The quantitative estimate of drug-likeness (QED) is 0.799. The number of hydrogen-bond donors (Lipinski definition) is 0. The van der Waals surface area contributed by atoms with E-state index in [1.165, 1.54) is 24.1 Å². The van der Waals surface area contributed by atoms with Crippen LogP contribution >= 0.6 is 0 Å². The largest absolute Gasteiger partial charge is 0.416 e. The van der Waals surface area contributed by atoms with E-state index in [0.717, 1.165) is 22.9 Å². The Morgan fingerprint density at radius 1 is 1.26 bits per heavy atom. The summed E-state index contributed by atoms with van der Waals surface area (Å²) in [7, 11) is 1.38. The third-order valence-corrected chi connectivity index (χ3v) is 4.30. The van der Waals surface area contributed by atoms with Crippen LogP contribution in [0.4, 0.5) is 13.2 Å². The Morgan fingerprint density at radius 2 is 1.96 bits per heavy atom. The number of nitrogens with zero attached hydrogens (tertiary/aromatic N) is 2. The summed E-state index contributed by atoms with van der Waals surface area (Å²) in [4.78, 5) is 25.7. The second-order valence-electron chi connectivity index (χ2n) is 7.11. The van der Waals surface area contributed by atoms with Gasteiger partial charge in [-0.05, 0) is 31.5 Å². The second kappa shape index (κ2) is 6.56. The molecule has 3 rings (SSSR count). The Labute approximate surface area is 153 Å². The third-order valence-electron chi connectivity index (χ3n) is 4.30. The first-order valence-electron chi connectivity index (χ1n) is 8.28. The van der Waals surface area contributed by atoms with Gasteiger partial charge in [-0.3, -0.25) is 9.59 Å². The van der Waals surface area contributed by atoms with Crippen LogP contribution in [0.3, 0.4) is 0 Å². The second-order valence-corrected chi connectivity index (χ2v) is 7.11. The van der Waals surface area contributed by atoms with Crippen LogP contribution in [0, 0.1) is 0 Å². The van der Waals surface area contributed by atoms with E-state index in [2.05, 4.69) is 0 Å². The van der Waals surface area contributed by atoms with Crippen molar-refractivity contribution in [2.24, 2.45) is 7.05 Å². The molecule has 0 N–H and O–H groups in total. The zero-order valence-corrected chi connectivity index (χ0v) is 15.0. The number of halogens is 3. The maximum atomic E-state index is 13.0. The van der Waals surface area contributed by atoms with Gasteiger partial charge in [0.1, 0.15) is 6.10 Å². The predicted molar refractivity (Wildman–Crippen MR) is 89.2 cm³/mol. The van der Waals surface area contributed by atoms with Crippen LogP contribution in [0.5, 0.6) is 0 Å². The minimum absolute atomic E-state index is 0.0438. The highest BCUT2D eigenvalue weighted by molar-refractivity contribution is 5.91. The number of aryl methyl sites for hydroxylation is 1. The number of carbonyl (C=O) groups excluding carboxylic acids is 1. The molecule has 9 heteroatoms. The van der Waals surface area contributed by atoms with Gasteiger partial charge in [0, 0.05) is 13.6 Å². The third kappa shape index (κ3) is 4.08. The molecule has 0 bridgehead atoms. The van der Waals surface area contributed by atoms with Crippen LogP contribution in [0.25, 0.3) is 0 Å². The van der Waals surface area contributed by atoms with Gasteiger partial charge in [-0.2, -0.15) is 17.9 Å². The molecule has 2 heterocycles. The fraction of sp³-hybridized carbons (Fsp3) is 0.444. The number of rotatable bonds is 2. The van der Waals surface area contributed by atoms with E-state index in [4.69, 9.17) is 9.26 Å². The smallest absolute Gasteiger partial charge is 0.371 e. The van der Waals surface area contributed by atoms with E-state index in [1.54, 1.807) is 13.8 Å². The Kier molecular flexibility index (Phi) is 4.67. The molecule has 0 saturated carbocycles. The Morgan fingerprint density at radius 3 is 2.56 bits per heavy atom. The lowest BCUT2D eigenvalue weighted by Crippen LogP contribution is -2.51. The average Bonchev–Trinajstić information content (AvgIpc) is 2.91. The lowest BCUT2D eigenvalue weighted by atomic mass is 9.99. The van der Waals surface area contributed by atoms with E-state index in [-0.39, 0.29) is 18.8 Å². The molecule has 1 amide bonds. The van der Waals surface area contributed by atoms with Gasteiger partial charge in [-0.15, -0.1) is 0 Å². The molecular formula is C18H19F3N2O4. The number of aromatic nitrogens is 1. The van der Waals surface area contributed by atoms with Gasteiger partial charge in [0.25, 0.3) is 11.5 Å². The van der Waals surface area contributed by atoms with Crippen molar-refractivity contribution >= 4 is 5.91 Å². The Hall–Kier alpha value is -2.55. The van der Waals surface area contributed by atoms with Gasteiger partial charge in [0.2, 0.25) is 5.76 Å². The van der Waals surface area contributed by atoms with Gasteiger partial charge in [-0.25, -0.2) is 0 Å². The summed E-state index contributed by atoms with van der Waals surface area (Å²) in [5.41, 5.74) is -1.70. The normalized spacial score (nSPS) is 19.9. The highest BCUT2D eigenvalue weighted by Gasteiger charge is 2.38. The van der Waals surface area contributed by atoms with Gasteiger partial charge in [0.05, 0.1) is 23.8 Å². The number of hydrogen-bond acceptors (Lipinski definition) is 4. The molecule has 146 valence electrons. The lowest BCUT2D eigenvalue weighted by molar-refractivity contribution is -0.139. The summed E-state index contributed by atoms with van der Waals surface area (Å²) in [6.07, 6.45) is -5.21. The van der Waals surface area contributed by atoms with Gasteiger partial charge < -0.3 is 14.2 Å². The summed E-state index contributed by atoms with van der Waals surface area (Å²) in [5, 5.41) is 0. The molecule has 1 aliphatic rings. The van der Waals surface area contributed by atoms with E-state index in [0.29, 0.717) is 5.56 Å². The van der Waals surface area contributed by atoms with Crippen molar-refractivity contribution in [1.29, 1.82) is 0 Å². The predicted octanol–water partition coefficient (Wildman–Crippen LogP) is 2.99. The molecule has 1 aromatic carbocycles. The van der Waals surface area contributed by atoms with E-state index < -0.39 is 34.9 Å². The van der Waals surface area contributed by atoms with E-state index in [9.17, 15) is 22.8 Å². The summed E-state index contributed by atoms with van der Waals surface area (Å²) < 4.78 is 51.0. The summed E-state index contributed by atoms with van der Waals surface area (Å²) in [5.74, 6) is -0.635. The van der Waals surface area contributed by atoms with Crippen molar-refractivity contribution in [3.8, 4) is 0 Å².